The van der Waals surface area contributed by atoms with E-state index in [2.05, 4.69) is 31.4 Å². The van der Waals surface area contributed by atoms with Crippen molar-refractivity contribution in [2.24, 2.45) is 11.8 Å². The number of hydrogen-bond acceptors (Lipinski definition) is 2. The molecule has 0 bridgehead atoms. The van der Waals surface area contributed by atoms with Gasteiger partial charge in [-0.05, 0) is 51.7 Å². The summed E-state index contributed by atoms with van der Waals surface area (Å²) in [6.45, 7) is 4.17. The predicted molar refractivity (Wildman–Crippen MR) is 95.0 cm³/mol. The Morgan fingerprint density at radius 2 is 1.96 bits per heavy atom. The van der Waals surface area contributed by atoms with E-state index in [1.54, 1.807) is 0 Å². The summed E-state index contributed by atoms with van der Waals surface area (Å²) in [6.07, 6.45) is 7.65. The first-order chi connectivity index (χ1) is 11.6. The number of anilines is 1. The number of carbonyl (C=O) groups is 2. The topological polar surface area (TPSA) is 49.4 Å². The summed E-state index contributed by atoms with van der Waals surface area (Å²) in [5.41, 5.74) is 6.10. The minimum atomic E-state index is -0.232. The number of nitrogens with one attached hydrogen (secondary N) is 1. The molecule has 24 heavy (non-hydrogen) atoms. The van der Waals surface area contributed by atoms with Crippen molar-refractivity contribution in [1.29, 1.82) is 0 Å². The average molecular weight is 324 g/mol. The van der Waals surface area contributed by atoms with Crippen molar-refractivity contribution in [3.05, 3.63) is 53.6 Å². The van der Waals surface area contributed by atoms with Gasteiger partial charge in [0.25, 0.3) is 0 Å². The fraction of sp³-hybridized carbons (Fsp3) is 0.400. The first kappa shape index (κ1) is 16.5. The number of nitrogens with zero attached hydrogens (tertiary/aromatic N) is 1. The van der Waals surface area contributed by atoms with Gasteiger partial charge < -0.3 is 0 Å². The fourth-order valence-corrected chi connectivity index (χ4v) is 3.47. The lowest BCUT2D eigenvalue weighted by Crippen LogP contribution is -2.59. The van der Waals surface area contributed by atoms with E-state index in [9.17, 15) is 9.59 Å². The molecule has 1 aromatic carbocycles. The number of benzene rings is 1. The minimum Gasteiger partial charge on any atom is -0.273 e. The third kappa shape index (κ3) is 3.42. The van der Waals surface area contributed by atoms with Crippen molar-refractivity contribution >= 4 is 17.5 Å². The number of fused-ring (bicyclic) bond motifs is 1. The molecular weight excluding hydrogens is 300 g/mol. The second-order valence-electron chi connectivity index (χ2n) is 6.82. The lowest BCUT2D eigenvalue weighted by atomic mass is 9.74. The van der Waals surface area contributed by atoms with Gasteiger partial charge in [0.15, 0.2) is 0 Å². The average Bonchev–Trinajstić information content (AvgIpc) is 2.58. The summed E-state index contributed by atoms with van der Waals surface area (Å²) < 4.78 is 0. The Balaban J connectivity index is 1.74. The molecule has 2 aliphatic rings. The van der Waals surface area contributed by atoms with Crippen LogP contribution in [0.15, 0.2) is 53.6 Å². The van der Waals surface area contributed by atoms with Crippen molar-refractivity contribution in [3.8, 4) is 0 Å². The van der Waals surface area contributed by atoms with Crippen LogP contribution in [-0.2, 0) is 9.59 Å². The Morgan fingerprint density at radius 3 is 2.67 bits per heavy atom. The van der Waals surface area contributed by atoms with Crippen LogP contribution in [0.5, 0.6) is 0 Å². The number of rotatable bonds is 3. The Bertz CT molecular complexity index is 687. The summed E-state index contributed by atoms with van der Waals surface area (Å²) in [7, 11) is 0. The van der Waals surface area contributed by atoms with Crippen molar-refractivity contribution < 1.29 is 9.59 Å². The van der Waals surface area contributed by atoms with Gasteiger partial charge in [0.1, 0.15) is 0 Å². The third-order valence-corrected chi connectivity index (χ3v) is 4.79. The van der Waals surface area contributed by atoms with Gasteiger partial charge in [-0.1, -0.05) is 41.5 Å². The smallest absolute Gasteiger partial charge is 0.249 e. The first-order valence-corrected chi connectivity index (χ1v) is 8.57. The number of hydrazine groups is 1. The van der Waals surface area contributed by atoms with E-state index in [1.807, 2.05) is 30.3 Å². The summed E-state index contributed by atoms with van der Waals surface area (Å²) in [5.74, 6) is -0.478. The van der Waals surface area contributed by atoms with Gasteiger partial charge in [-0.2, -0.15) is 0 Å². The molecule has 0 spiro atoms. The Hall–Kier alpha value is -2.36. The molecule has 1 saturated heterocycles. The van der Waals surface area contributed by atoms with Gasteiger partial charge >= 0.3 is 0 Å². The predicted octanol–water partition coefficient (Wildman–Crippen LogP) is 3.76. The van der Waals surface area contributed by atoms with Crippen LogP contribution in [0, 0.1) is 11.8 Å². The van der Waals surface area contributed by atoms with E-state index in [1.165, 1.54) is 16.2 Å². The van der Waals surface area contributed by atoms with Gasteiger partial charge in [0.2, 0.25) is 11.8 Å². The molecule has 1 heterocycles. The third-order valence-electron chi connectivity index (χ3n) is 4.79. The van der Waals surface area contributed by atoms with Crippen LogP contribution in [0.4, 0.5) is 5.69 Å². The molecule has 0 aromatic heterocycles. The lowest BCUT2D eigenvalue weighted by Gasteiger charge is -2.40. The molecule has 1 saturated carbocycles. The first-order valence-electron chi connectivity index (χ1n) is 8.57. The molecule has 4 nitrogen and oxygen atoms in total. The van der Waals surface area contributed by atoms with E-state index in [4.69, 9.17) is 0 Å². The molecule has 0 radical (unpaired) electrons. The van der Waals surface area contributed by atoms with Crippen LogP contribution in [0.3, 0.4) is 0 Å². The number of carbonyl (C=O) groups excluding carboxylic acids is 2. The summed E-state index contributed by atoms with van der Waals surface area (Å²) in [4.78, 5) is 25.3. The molecule has 0 unspecified atom stereocenters. The quantitative estimate of drug-likeness (QED) is 0.861. The van der Waals surface area contributed by atoms with E-state index in [-0.39, 0.29) is 23.7 Å². The monoisotopic (exact) mass is 324 g/mol. The van der Waals surface area contributed by atoms with Crippen LogP contribution >= 0.6 is 0 Å². The molecule has 3 rings (SSSR count). The Labute approximate surface area is 143 Å². The van der Waals surface area contributed by atoms with Crippen LogP contribution in [0.1, 0.15) is 39.5 Å². The minimum absolute atomic E-state index is 0.00847. The molecule has 1 N–H and O–H groups in total. The van der Waals surface area contributed by atoms with Crippen molar-refractivity contribution in [2.45, 2.75) is 39.5 Å². The highest BCUT2D eigenvalue weighted by atomic mass is 16.2. The normalized spacial score (nSPS) is 25.2. The number of allylic oxidation sites excluding steroid dienone is 4. The second kappa shape index (κ2) is 7.04. The van der Waals surface area contributed by atoms with Crippen molar-refractivity contribution in [3.63, 3.8) is 0 Å². The molecule has 1 aliphatic carbocycles. The zero-order chi connectivity index (χ0) is 17.1. The van der Waals surface area contributed by atoms with Gasteiger partial charge in [0, 0.05) is 0 Å². The van der Waals surface area contributed by atoms with Gasteiger partial charge in [-0.3, -0.25) is 15.0 Å². The maximum Gasteiger partial charge on any atom is 0.249 e. The standard InChI is InChI=1S/C20H24N2O2/c1-14(2)7-6-8-15-11-12-17-18(13-15)19(23)21-22(20(17)24)16-9-4-3-5-10-16/h3-5,7-10,17-18H,6,11-13H2,1-2H3,(H,21,23)/b15-8-/t17-,18-/m0/s1. The number of para-hydroxylation sites is 1. The molecular formula is C20H24N2O2. The van der Waals surface area contributed by atoms with E-state index in [0.29, 0.717) is 6.42 Å². The molecule has 126 valence electrons. The van der Waals surface area contributed by atoms with E-state index in [0.717, 1.165) is 24.9 Å². The Kier molecular flexibility index (Phi) is 4.84. The molecule has 4 heteroatoms. The SMILES string of the molecule is CC(C)=CC/C=C1/CC[C@@H]2C(=O)N(c3ccccc3)NC(=O)[C@H]2C1. The fourth-order valence-electron chi connectivity index (χ4n) is 3.47. The van der Waals surface area contributed by atoms with Crippen molar-refractivity contribution in [2.75, 3.05) is 5.01 Å². The van der Waals surface area contributed by atoms with Crippen LogP contribution in [-0.4, -0.2) is 11.8 Å². The van der Waals surface area contributed by atoms with E-state index < -0.39 is 0 Å². The van der Waals surface area contributed by atoms with Crippen LogP contribution in [0.2, 0.25) is 0 Å². The number of amides is 2. The highest BCUT2D eigenvalue weighted by Crippen LogP contribution is 2.38. The molecule has 1 aliphatic heterocycles. The second-order valence-corrected chi connectivity index (χ2v) is 6.82. The number of hydrogen-bond donors (Lipinski definition) is 1. The zero-order valence-corrected chi connectivity index (χ0v) is 14.3. The zero-order valence-electron chi connectivity index (χ0n) is 14.3. The maximum atomic E-state index is 12.8. The summed E-state index contributed by atoms with van der Waals surface area (Å²) in [5, 5.41) is 1.42. The van der Waals surface area contributed by atoms with Gasteiger partial charge in [0.05, 0.1) is 17.5 Å². The lowest BCUT2D eigenvalue weighted by molar-refractivity contribution is -0.140. The largest absolute Gasteiger partial charge is 0.273 e. The van der Waals surface area contributed by atoms with E-state index >= 15 is 0 Å². The van der Waals surface area contributed by atoms with Crippen LogP contribution in [0.25, 0.3) is 0 Å². The van der Waals surface area contributed by atoms with Crippen LogP contribution < -0.4 is 10.4 Å². The van der Waals surface area contributed by atoms with Gasteiger partial charge in [-0.25, -0.2) is 5.01 Å². The molecule has 2 fully saturated rings. The van der Waals surface area contributed by atoms with Gasteiger partial charge in [-0.15, -0.1) is 0 Å². The molecule has 2 atom stereocenters. The maximum absolute atomic E-state index is 12.8. The summed E-state index contributed by atoms with van der Waals surface area (Å²) in [6, 6.07) is 9.31. The molecule has 1 aromatic rings. The molecule has 2 amide bonds. The van der Waals surface area contributed by atoms with Crippen molar-refractivity contribution in [1.82, 2.24) is 5.43 Å². The Morgan fingerprint density at radius 1 is 1.21 bits per heavy atom. The highest BCUT2D eigenvalue weighted by Gasteiger charge is 2.44. The highest BCUT2D eigenvalue weighted by molar-refractivity contribution is 6.04. The summed E-state index contributed by atoms with van der Waals surface area (Å²) >= 11 is 0.